The molecular formula is C16H23N4+. The lowest BCUT2D eigenvalue weighted by atomic mass is 10.1. The van der Waals surface area contributed by atoms with Crippen LogP contribution in [0.2, 0.25) is 0 Å². The molecule has 1 aromatic heterocycles. The van der Waals surface area contributed by atoms with Gasteiger partial charge in [0.05, 0.1) is 13.1 Å². The SMILES string of the molecule is c1ccc2c(c1)n(CCN1CCCCC1)c1[n+]2CCN1. The fourth-order valence-electron chi connectivity index (χ4n) is 3.64. The quantitative estimate of drug-likeness (QED) is 0.861. The van der Waals surface area contributed by atoms with Crippen molar-refractivity contribution < 1.29 is 4.57 Å². The number of piperidine rings is 1. The van der Waals surface area contributed by atoms with Crippen molar-refractivity contribution in [3.8, 4) is 0 Å². The van der Waals surface area contributed by atoms with Crippen LogP contribution in [0, 0.1) is 0 Å². The molecular weight excluding hydrogens is 248 g/mol. The highest BCUT2D eigenvalue weighted by atomic mass is 15.3. The molecule has 106 valence electrons. The van der Waals surface area contributed by atoms with Gasteiger partial charge in [0, 0.05) is 6.54 Å². The summed E-state index contributed by atoms with van der Waals surface area (Å²) < 4.78 is 4.89. The number of fused-ring (bicyclic) bond motifs is 3. The van der Waals surface area contributed by atoms with Gasteiger partial charge in [-0.3, -0.25) is 5.32 Å². The maximum Gasteiger partial charge on any atom is 0.358 e. The lowest BCUT2D eigenvalue weighted by molar-refractivity contribution is -0.644. The third-order valence-electron chi connectivity index (χ3n) is 4.68. The molecule has 0 atom stereocenters. The fourth-order valence-corrected chi connectivity index (χ4v) is 3.64. The third-order valence-corrected chi connectivity index (χ3v) is 4.68. The minimum atomic E-state index is 1.06. The Kier molecular flexibility index (Phi) is 3.11. The van der Waals surface area contributed by atoms with E-state index in [9.17, 15) is 0 Å². The van der Waals surface area contributed by atoms with Crippen molar-refractivity contribution in [3.63, 3.8) is 0 Å². The lowest BCUT2D eigenvalue weighted by Gasteiger charge is -2.25. The van der Waals surface area contributed by atoms with Crippen LogP contribution in [0.25, 0.3) is 11.0 Å². The zero-order chi connectivity index (χ0) is 13.4. The van der Waals surface area contributed by atoms with Gasteiger partial charge in [-0.25, -0.2) is 9.13 Å². The van der Waals surface area contributed by atoms with Crippen LogP contribution in [0.4, 0.5) is 5.95 Å². The van der Waals surface area contributed by atoms with Crippen LogP contribution in [0.15, 0.2) is 24.3 Å². The molecule has 1 N–H and O–H groups in total. The van der Waals surface area contributed by atoms with E-state index < -0.39 is 0 Å². The van der Waals surface area contributed by atoms with Crippen molar-refractivity contribution >= 4 is 17.0 Å². The van der Waals surface area contributed by atoms with E-state index in [4.69, 9.17) is 0 Å². The van der Waals surface area contributed by atoms with E-state index in [0.717, 1.165) is 19.6 Å². The summed E-state index contributed by atoms with van der Waals surface area (Å²) in [4.78, 5) is 2.62. The maximum atomic E-state index is 3.55. The average Bonchev–Trinajstić information content (AvgIpc) is 3.07. The van der Waals surface area contributed by atoms with Gasteiger partial charge < -0.3 is 4.90 Å². The highest BCUT2D eigenvalue weighted by molar-refractivity contribution is 5.74. The van der Waals surface area contributed by atoms with Crippen molar-refractivity contribution in [2.75, 3.05) is 31.5 Å². The van der Waals surface area contributed by atoms with E-state index >= 15 is 0 Å². The van der Waals surface area contributed by atoms with Crippen molar-refractivity contribution in [2.45, 2.75) is 32.4 Å². The molecule has 0 bridgehead atoms. The number of aromatic nitrogens is 2. The molecule has 0 spiro atoms. The van der Waals surface area contributed by atoms with Crippen LogP contribution in [-0.4, -0.2) is 35.6 Å². The molecule has 0 amide bonds. The number of rotatable bonds is 3. The van der Waals surface area contributed by atoms with E-state index in [-0.39, 0.29) is 0 Å². The van der Waals surface area contributed by atoms with Gasteiger partial charge in [0.2, 0.25) is 0 Å². The molecule has 1 saturated heterocycles. The van der Waals surface area contributed by atoms with Gasteiger partial charge in [0.15, 0.2) is 0 Å². The number of hydrogen-bond acceptors (Lipinski definition) is 2. The topological polar surface area (TPSA) is 24.1 Å². The van der Waals surface area contributed by atoms with Crippen molar-refractivity contribution in [1.82, 2.24) is 9.47 Å². The van der Waals surface area contributed by atoms with Crippen LogP contribution in [0.5, 0.6) is 0 Å². The van der Waals surface area contributed by atoms with Crippen LogP contribution in [0.1, 0.15) is 19.3 Å². The predicted molar refractivity (Wildman–Crippen MR) is 80.9 cm³/mol. The van der Waals surface area contributed by atoms with Crippen molar-refractivity contribution in [3.05, 3.63) is 24.3 Å². The normalized spacial score (nSPS) is 19.2. The fraction of sp³-hybridized carbons (Fsp3) is 0.562. The molecule has 4 rings (SSSR count). The number of nitrogens with one attached hydrogen (secondary N) is 1. The molecule has 2 aliphatic heterocycles. The van der Waals surface area contributed by atoms with E-state index in [1.807, 2.05) is 0 Å². The van der Waals surface area contributed by atoms with Crippen molar-refractivity contribution in [1.29, 1.82) is 0 Å². The van der Waals surface area contributed by atoms with Gasteiger partial charge >= 0.3 is 5.95 Å². The minimum Gasteiger partial charge on any atom is -0.300 e. The summed E-state index contributed by atoms with van der Waals surface area (Å²) in [5.74, 6) is 1.29. The van der Waals surface area contributed by atoms with Crippen LogP contribution < -0.4 is 9.88 Å². The molecule has 3 heterocycles. The predicted octanol–water partition coefficient (Wildman–Crippen LogP) is 1.84. The Labute approximate surface area is 120 Å². The molecule has 20 heavy (non-hydrogen) atoms. The van der Waals surface area contributed by atoms with Gasteiger partial charge in [0.1, 0.15) is 17.6 Å². The molecule has 2 aliphatic rings. The first-order chi connectivity index (χ1) is 9.93. The smallest absolute Gasteiger partial charge is 0.300 e. The van der Waals surface area contributed by atoms with Gasteiger partial charge in [-0.15, -0.1) is 0 Å². The molecule has 0 saturated carbocycles. The van der Waals surface area contributed by atoms with Crippen molar-refractivity contribution in [2.24, 2.45) is 0 Å². The molecule has 0 radical (unpaired) electrons. The Morgan fingerprint density at radius 1 is 1.05 bits per heavy atom. The van der Waals surface area contributed by atoms with Gasteiger partial charge in [-0.2, -0.15) is 0 Å². The summed E-state index contributed by atoms with van der Waals surface area (Å²) in [5, 5.41) is 3.55. The summed E-state index contributed by atoms with van der Waals surface area (Å²) in [6, 6.07) is 8.78. The maximum absolute atomic E-state index is 3.55. The van der Waals surface area contributed by atoms with E-state index in [1.165, 1.54) is 55.9 Å². The van der Waals surface area contributed by atoms with E-state index in [2.05, 4.69) is 43.6 Å². The summed E-state index contributed by atoms with van der Waals surface area (Å²) in [5.41, 5.74) is 2.73. The van der Waals surface area contributed by atoms with Gasteiger partial charge in [-0.05, 0) is 38.1 Å². The number of benzene rings is 1. The van der Waals surface area contributed by atoms with Crippen LogP contribution in [0.3, 0.4) is 0 Å². The Hall–Kier alpha value is -1.55. The molecule has 0 aliphatic carbocycles. The second-order valence-corrected chi connectivity index (χ2v) is 5.94. The highest BCUT2D eigenvalue weighted by Gasteiger charge is 2.27. The zero-order valence-corrected chi connectivity index (χ0v) is 12.0. The molecule has 4 heteroatoms. The number of imidazole rings is 1. The largest absolute Gasteiger partial charge is 0.358 e. The average molecular weight is 271 g/mol. The van der Waals surface area contributed by atoms with E-state index in [1.54, 1.807) is 0 Å². The summed E-state index contributed by atoms with van der Waals surface area (Å²) in [7, 11) is 0. The molecule has 4 nitrogen and oxygen atoms in total. The first-order valence-electron chi connectivity index (χ1n) is 7.91. The van der Waals surface area contributed by atoms with Crippen LogP contribution in [-0.2, 0) is 13.1 Å². The second kappa shape index (κ2) is 5.09. The summed E-state index contributed by atoms with van der Waals surface area (Å²) >= 11 is 0. The first kappa shape index (κ1) is 12.2. The summed E-state index contributed by atoms with van der Waals surface area (Å²) in [6.07, 6.45) is 4.16. The standard InChI is InChI=1S/C16H22N4/c1-4-9-18(10-5-1)12-13-20-15-7-3-2-6-14(15)19-11-8-17-16(19)20/h2-3,6-7H,1,4-5,8-13H2/p+1. The monoisotopic (exact) mass is 271 g/mol. The molecule has 1 fully saturated rings. The van der Waals surface area contributed by atoms with E-state index in [0.29, 0.717) is 0 Å². The first-order valence-corrected chi connectivity index (χ1v) is 7.91. The number of likely N-dealkylation sites (tertiary alicyclic amines) is 1. The highest BCUT2D eigenvalue weighted by Crippen LogP contribution is 2.20. The number of para-hydroxylation sites is 2. The third kappa shape index (κ3) is 1.99. The second-order valence-electron chi connectivity index (χ2n) is 5.94. The molecule has 0 unspecified atom stereocenters. The number of nitrogens with zero attached hydrogens (tertiary/aromatic N) is 3. The number of anilines is 1. The van der Waals surface area contributed by atoms with Crippen LogP contribution >= 0.6 is 0 Å². The Bertz CT molecular complexity index is 610. The lowest BCUT2D eigenvalue weighted by Crippen LogP contribution is -2.33. The Morgan fingerprint density at radius 3 is 2.80 bits per heavy atom. The minimum absolute atomic E-state index is 1.06. The summed E-state index contributed by atoms with van der Waals surface area (Å²) in [6.45, 7) is 6.98. The Morgan fingerprint density at radius 2 is 1.90 bits per heavy atom. The molecule has 2 aromatic rings. The molecule has 1 aromatic carbocycles. The Balaban J connectivity index is 1.62. The number of hydrogen-bond donors (Lipinski definition) is 1. The zero-order valence-electron chi connectivity index (χ0n) is 12.0. The van der Waals surface area contributed by atoms with Gasteiger partial charge in [0.25, 0.3) is 0 Å². The van der Waals surface area contributed by atoms with Gasteiger partial charge in [-0.1, -0.05) is 18.6 Å².